The van der Waals surface area contributed by atoms with Crippen molar-refractivity contribution in [2.75, 3.05) is 0 Å². The first-order valence-corrected chi connectivity index (χ1v) is 5.24. The summed E-state index contributed by atoms with van der Waals surface area (Å²) in [5, 5.41) is 0. The van der Waals surface area contributed by atoms with Crippen LogP contribution in [0.25, 0.3) is 0 Å². The van der Waals surface area contributed by atoms with E-state index in [1.165, 1.54) is 13.1 Å². The van der Waals surface area contributed by atoms with E-state index >= 15 is 0 Å². The van der Waals surface area contributed by atoms with Crippen molar-refractivity contribution in [3.8, 4) is 0 Å². The summed E-state index contributed by atoms with van der Waals surface area (Å²) in [4.78, 5) is 27.0. The highest BCUT2D eigenvalue weighted by Crippen LogP contribution is 2.10. The maximum absolute atomic E-state index is 12.0. The zero-order chi connectivity index (χ0) is 12.3. The summed E-state index contributed by atoms with van der Waals surface area (Å²) in [6.07, 6.45) is 3.15. The fourth-order valence-electron chi connectivity index (χ4n) is 1.52. The third kappa shape index (κ3) is 2.45. The van der Waals surface area contributed by atoms with Crippen LogP contribution in [-0.2, 0) is 0 Å². The molecule has 1 aromatic heterocycles. The van der Waals surface area contributed by atoms with E-state index in [9.17, 15) is 9.59 Å². The lowest BCUT2D eigenvalue weighted by Crippen LogP contribution is -2.02. The summed E-state index contributed by atoms with van der Waals surface area (Å²) in [5.74, 6) is -0.0985. The molecule has 3 heteroatoms. The molecule has 0 bridgehead atoms. The number of nitrogens with zero attached hydrogens (tertiary/aromatic N) is 1. The second-order valence-corrected chi connectivity index (χ2v) is 3.70. The smallest absolute Gasteiger partial charge is 0.194 e. The standard InChI is InChI=1S/C14H11NO2/c1-10(16)11-4-6-12(7-5-11)14(17)13-3-2-8-15-9-13/h2-9H,1H3. The molecule has 0 aliphatic rings. The fourth-order valence-corrected chi connectivity index (χ4v) is 1.52. The monoisotopic (exact) mass is 225 g/mol. The summed E-state index contributed by atoms with van der Waals surface area (Å²) < 4.78 is 0. The Morgan fingerprint density at radius 3 is 2.12 bits per heavy atom. The molecule has 0 radical (unpaired) electrons. The Morgan fingerprint density at radius 1 is 0.941 bits per heavy atom. The molecule has 0 amide bonds. The zero-order valence-electron chi connectivity index (χ0n) is 9.38. The lowest BCUT2D eigenvalue weighted by atomic mass is 10.0. The molecule has 1 heterocycles. The van der Waals surface area contributed by atoms with Crippen LogP contribution >= 0.6 is 0 Å². The van der Waals surface area contributed by atoms with Crippen LogP contribution in [0, 0.1) is 0 Å². The lowest BCUT2D eigenvalue weighted by Gasteiger charge is -2.01. The van der Waals surface area contributed by atoms with Crippen LogP contribution in [0.1, 0.15) is 33.2 Å². The van der Waals surface area contributed by atoms with Gasteiger partial charge in [0.2, 0.25) is 0 Å². The number of pyridine rings is 1. The predicted molar refractivity (Wildman–Crippen MR) is 64.1 cm³/mol. The molecule has 0 unspecified atom stereocenters. The van der Waals surface area contributed by atoms with Crippen LogP contribution in [0.5, 0.6) is 0 Å². The number of ketones is 2. The Bertz CT molecular complexity index is 544. The number of aromatic nitrogens is 1. The average Bonchev–Trinajstić information content (AvgIpc) is 2.39. The van der Waals surface area contributed by atoms with Crippen molar-refractivity contribution in [3.05, 3.63) is 65.5 Å². The van der Waals surface area contributed by atoms with E-state index in [0.29, 0.717) is 16.7 Å². The second kappa shape index (κ2) is 4.70. The molecule has 0 fully saturated rings. The van der Waals surface area contributed by atoms with Gasteiger partial charge in [0.25, 0.3) is 0 Å². The highest BCUT2D eigenvalue weighted by atomic mass is 16.1. The Hall–Kier alpha value is -2.29. The van der Waals surface area contributed by atoms with E-state index in [2.05, 4.69) is 4.98 Å². The summed E-state index contributed by atoms with van der Waals surface area (Å²) >= 11 is 0. The van der Waals surface area contributed by atoms with Gasteiger partial charge in [-0.1, -0.05) is 24.3 Å². The van der Waals surface area contributed by atoms with Crippen LogP contribution < -0.4 is 0 Å². The van der Waals surface area contributed by atoms with Gasteiger partial charge >= 0.3 is 0 Å². The van der Waals surface area contributed by atoms with Crippen molar-refractivity contribution in [3.63, 3.8) is 0 Å². The quantitative estimate of drug-likeness (QED) is 0.754. The van der Waals surface area contributed by atoms with Crippen molar-refractivity contribution in [2.24, 2.45) is 0 Å². The summed E-state index contributed by atoms with van der Waals surface area (Å²) in [6.45, 7) is 1.50. The topological polar surface area (TPSA) is 47.0 Å². The first-order chi connectivity index (χ1) is 8.18. The number of rotatable bonds is 3. The minimum Gasteiger partial charge on any atom is -0.295 e. The minimum atomic E-state index is -0.0896. The Kier molecular flexibility index (Phi) is 3.10. The first kappa shape index (κ1) is 11.2. The number of benzene rings is 1. The van der Waals surface area contributed by atoms with Crippen LogP contribution in [-0.4, -0.2) is 16.6 Å². The Labute approximate surface area is 99.1 Å². The largest absolute Gasteiger partial charge is 0.295 e. The maximum atomic E-state index is 12.0. The third-order valence-electron chi connectivity index (χ3n) is 2.48. The molecular formula is C14H11NO2. The van der Waals surface area contributed by atoms with Crippen molar-refractivity contribution >= 4 is 11.6 Å². The van der Waals surface area contributed by atoms with E-state index in [0.717, 1.165) is 0 Å². The summed E-state index contributed by atoms with van der Waals surface area (Å²) in [6, 6.07) is 10.1. The van der Waals surface area contributed by atoms with E-state index < -0.39 is 0 Å². The molecule has 84 valence electrons. The van der Waals surface area contributed by atoms with Gasteiger partial charge in [-0.2, -0.15) is 0 Å². The van der Waals surface area contributed by atoms with Gasteiger partial charge in [-0.05, 0) is 19.1 Å². The van der Waals surface area contributed by atoms with E-state index in [1.807, 2.05) is 0 Å². The molecule has 3 nitrogen and oxygen atoms in total. The number of carbonyl (C=O) groups excluding carboxylic acids is 2. The normalized spacial score (nSPS) is 9.94. The summed E-state index contributed by atoms with van der Waals surface area (Å²) in [7, 11) is 0. The molecule has 2 aromatic rings. The third-order valence-corrected chi connectivity index (χ3v) is 2.48. The highest BCUT2D eigenvalue weighted by Gasteiger charge is 2.09. The zero-order valence-corrected chi connectivity index (χ0v) is 9.38. The van der Waals surface area contributed by atoms with Crippen molar-refractivity contribution < 1.29 is 9.59 Å². The molecule has 0 N–H and O–H groups in total. The maximum Gasteiger partial charge on any atom is 0.194 e. The number of Topliss-reactive ketones (excluding diaryl/α,β-unsaturated/α-hetero) is 1. The lowest BCUT2D eigenvalue weighted by molar-refractivity contribution is 0.101. The Balaban J connectivity index is 2.30. The molecule has 17 heavy (non-hydrogen) atoms. The molecule has 0 spiro atoms. The number of hydrogen-bond acceptors (Lipinski definition) is 3. The molecule has 0 saturated carbocycles. The van der Waals surface area contributed by atoms with Crippen LogP contribution in [0.4, 0.5) is 0 Å². The highest BCUT2D eigenvalue weighted by molar-refractivity contribution is 6.09. The Morgan fingerprint density at radius 2 is 1.59 bits per heavy atom. The average molecular weight is 225 g/mol. The molecule has 0 aliphatic heterocycles. The number of carbonyl (C=O) groups is 2. The van der Waals surface area contributed by atoms with E-state index in [4.69, 9.17) is 0 Å². The first-order valence-electron chi connectivity index (χ1n) is 5.24. The predicted octanol–water partition coefficient (Wildman–Crippen LogP) is 2.52. The van der Waals surface area contributed by atoms with Gasteiger partial charge in [-0.25, -0.2) is 0 Å². The second-order valence-electron chi connectivity index (χ2n) is 3.70. The van der Waals surface area contributed by atoms with Gasteiger partial charge in [-0.3, -0.25) is 14.6 Å². The SMILES string of the molecule is CC(=O)c1ccc(C(=O)c2cccnc2)cc1. The van der Waals surface area contributed by atoms with Gasteiger partial charge in [0.05, 0.1) is 0 Å². The van der Waals surface area contributed by atoms with Crippen molar-refractivity contribution in [1.29, 1.82) is 0 Å². The van der Waals surface area contributed by atoms with Crippen molar-refractivity contribution in [2.45, 2.75) is 6.92 Å². The van der Waals surface area contributed by atoms with Crippen LogP contribution in [0.3, 0.4) is 0 Å². The molecule has 0 atom stereocenters. The molecule has 0 aliphatic carbocycles. The molecule has 2 rings (SSSR count). The van der Waals surface area contributed by atoms with Gasteiger partial charge in [0, 0.05) is 29.1 Å². The van der Waals surface area contributed by atoms with Gasteiger partial charge < -0.3 is 0 Å². The van der Waals surface area contributed by atoms with Crippen LogP contribution in [0.2, 0.25) is 0 Å². The van der Waals surface area contributed by atoms with Crippen LogP contribution in [0.15, 0.2) is 48.8 Å². The minimum absolute atomic E-state index is 0.00891. The number of hydrogen-bond donors (Lipinski definition) is 0. The van der Waals surface area contributed by atoms with E-state index in [1.54, 1.807) is 42.6 Å². The molecule has 1 aromatic carbocycles. The van der Waals surface area contributed by atoms with Crippen molar-refractivity contribution in [1.82, 2.24) is 4.98 Å². The molecular weight excluding hydrogens is 214 g/mol. The van der Waals surface area contributed by atoms with E-state index in [-0.39, 0.29) is 11.6 Å². The fraction of sp³-hybridized carbons (Fsp3) is 0.0714. The van der Waals surface area contributed by atoms with Gasteiger partial charge in [0.15, 0.2) is 11.6 Å². The van der Waals surface area contributed by atoms with Gasteiger partial charge in [0.1, 0.15) is 0 Å². The summed E-state index contributed by atoms with van der Waals surface area (Å²) in [5.41, 5.74) is 1.71. The van der Waals surface area contributed by atoms with Gasteiger partial charge in [-0.15, -0.1) is 0 Å². The molecule has 0 saturated heterocycles.